The summed E-state index contributed by atoms with van der Waals surface area (Å²) < 4.78 is 11.1. The Kier molecular flexibility index (Phi) is 8.11. The van der Waals surface area contributed by atoms with Gasteiger partial charge in [-0.2, -0.15) is 0 Å². The molecule has 1 N–H and O–H groups in total. The summed E-state index contributed by atoms with van der Waals surface area (Å²) in [7, 11) is 5.46. The molecule has 1 unspecified atom stereocenters. The van der Waals surface area contributed by atoms with Crippen LogP contribution < -0.4 is 9.47 Å². The van der Waals surface area contributed by atoms with Crippen molar-refractivity contribution in [3.05, 3.63) is 65.2 Å². The lowest BCUT2D eigenvalue weighted by Crippen LogP contribution is -2.32. The van der Waals surface area contributed by atoms with Crippen molar-refractivity contribution in [1.82, 2.24) is 9.80 Å². The highest BCUT2D eigenvalue weighted by Gasteiger charge is 2.46. The zero-order chi connectivity index (χ0) is 24.0. The smallest absolute Gasteiger partial charge is 0.295 e. The Balaban J connectivity index is 2.06. The van der Waals surface area contributed by atoms with Crippen molar-refractivity contribution in [3.8, 4) is 11.5 Å². The third-order valence-electron chi connectivity index (χ3n) is 5.58. The summed E-state index contributed by atoms with van der Waals surface area (Å²) in [5.74, 6) is -0.287. The Morgan fingerprint density at radius 1 is 1.09 bits per heavy atom. The first-order valence-electron chi connectivity index (χ1n) is 11.2. The Morgan fingerprint density at radius 2 is 1.79 bits per heavy atom. The monoisotopic (exact) mass is 452 g/mol. The molecule has 0 aliphatic carbocycles. The molecule has 1 aliphatic rings. The molecule has 7 nitrogen and oxygen atoms in total. The van der Waals surface area contributed by atoms with Gasteiger partial charge in [0.1, 0.15) is 17.3 Å². The number of aliphatic hydroxyl groups excluding tert-OH is 1. The van der Waals surface area contributed by atoms with Crippen molar-refractivity contribution in [2.45, 2.75) is 25.8 Å². The van der Waals surface area contributed by atoms with E-state index < -0.39 is 17.7 Å². The first-order chi connectivity index (χ1) is 15.9. The van der Waals surface area contributed by atoms with Crippen LogP contribution in [0.2, 0.25) is 0 Å². The van der Waals surface area contributed by atoms with E-state index in [2.05, 4.69) is 0 Å². The number of aliphatic hydroxyl groups is 1. The van der Waals surface area contributed by atoms with Crippen LogP contribution in [0.4, 0.5) is 0 Å². The standard InChI is InChI=1S/C26H32N2O5/c1-5-17-33-19-13-11-18(12-14-19)24(29)22-23(20-9-6-7-10-21(20)32-4)28(26(31)25(22)30)16-8-15-27(2)3/h6-7,9-14,23,29H,5,8,15-17H2,1-4H3/b24-22+. The molecule has 33 heavy (non-hydrogen) atoms. The Morgan fingerprint density at radius 3 is 2.42 bits per heavy atom. The van der Waals surface area contributed by atoms with Gasteiger partial charge in [-0.1, -0.05) is 25.1 Å². The van der Waals surface area contributed by atoms with E-state index >= 15 is 0 Å². The van der Waals surface area contributed by atoms with Crippen LogP contribution >= 0.6 is 0 Å². The van der Waals surface area contributed by atoms with Crippen LogP contribution in [0, 0.1) is 0 Å². The first kappa shape index (κ1) is 24.3. The number of hydrogen-bond acceptors (Lipinski definition) is 6. The van der Waals surface area contributed by atoms with Gasteiger partial charge in [0, 0.05) is 17.7 Å². The summed E-state index contributed by atoms with van der Waals surface area (Å²) in [5, 5.41) is 11.2. The van der Waals surface area contributed by atoms with Crippen LogP contribution in [0.3, 0.4) is 0 Å². The molecule has 0 spiro atoms. The van der Waals surface area contributed by atoms with Gasteiger partial charge in [-0.05, 0) is 63.8 Å². The van der Waals surface area contributed by atoms with Crippen molar-refractivity contribution in [2.24, 2.45) is 0 Å². The maximum atomic E-state index is 13.1. The lowest BCUT2D eigenvalue weighted by atomic mass is 9.94. The quantitative estimate of drug-likeness (QED) is 0.335. The summed E-state index contributed by atoms with van der Waals surface area (Å²) in [6.07, 6.45) is 1.58. The fourth-order valence-corrected chi connectivity index (χ4v) is 3.97. The molecule has 0 aromatic heterocycles. The number of rotatable bonds is 10. The minimum Gasteiger partial charge on any atom is -0.507 e. The highest BCUT2D eigenvalue weighted by molar-refractivity contribution is 6.46. The summed E-state index contributed by atoms with van der Waals surface area (Å²) in [4.78, 5) is 29.7. The molecule has 0 saturated carbocycles. The summed E-state index contributed by atoms with van der Waals surface area (Å²) in [6, 6.07) is 13.4. The Labute approximate surface area is 195 Å². The number of ether oxygens (including phenoxy) is 2. The molecule has 2 aromatic carbocycles. The lowest BCUT2D eigenvalue weighted by molar-refractivity contribution is -0.140. The molecule has 2 aromatic rings. The van der Waals surface area contributed by atoms with Crippen LogP contribution in [0.15, 0.2) is 54.1 Å². The van der Waals surface area contributed by atoms with Crippen LogP contribution in [0.5, 0.6) is 11.5 Å². The summed E-state index contributed by atoms with van der Waals surface area (Å²) >= 11 is 0. The number of amides is 1. The van der Waals surface area contributed by atoms with Gasteiger partial charge >= 0.3 is 0 Å². The molecule has 1 amide bonds. The second-order valence-electron chi connectivity index (χ2n) is 8.26. The van der Waals surface area contributed by atoms with Gasteiger partial charge in [-0.3, -0.25) is 9.59 Å². The van der Waals surface area contributed by atoms with E-state index in [1.165, 1.54) is 4.90 Å². The molecule has 0 bridgehead atoms. The number of nitrogens with zero attached hydrogens (tertiary/aromatic N) is 2. The van der Waals surface area contributed by atoms with E-state index in [-0.39, 0.29) is 11.3 Å². The molecule has 7 heteroatoms. The molecule has 1 saturated heterocycles. The maximum Gasteiger partial charge on any atom is 0.295 e. The zero-order valence-corrected chi connectivity index (χ0v) is 19.7. The van der Waals surface area contributed by atoms with E-state index in [0.717, 1.165) is 13.0 Å². The second kappa shape index (κ2) is 11.0. The van der Waals surface area contributed by atoms with Crippen LogP contribution in [0.25, 0.3) is 5.76 Å². The third kappa shape index (κ3) is 5.37. The molecule has 1 aliphatic heterocycles. The lowest BCUT2D eigenvalue weighted by Gasteiger charge is -2.27. The number of hydrogen-bond donors (Lipinski definition) is 1. The van der Waals surface area contributed by atoms with E-state index in [0.29, 0.717) is 42.2 Å². The molecule has 1 fully saturated rings. The zero-order valence-electron chi connectivity index (χ0n) is 19.7. The van der Waals surface area contributed by atoms with Crippen LogP contribution in [-0.4, -0.2) is 67.5 Å². The van der Waals surface area contributed by atoms with Crippen molar-refractivity contribution < 1.29 is 24.2 Å². The van der Waals surface area contributed by atoms with Crippen LogP contribution in [0.1, 0.15) is 36.9 Å². The number of methoxy groups -OCH3 is 1. The predicted molar refractivity (Wildman–Crippen MR) is 127 cm³/mol. The summed E-state index contributed by atoms with van der Waals surface area (Å²) in [5.41, 5.74) is 1.18. The minimum atomic E-state index is -0.737. The number of ketones is 1. The fraction of sp³-hybridized carbons (Fsp3) is 0.385. The molecule has 0 radical (unpaired) electrons. The number of benzene rings is 2. The molecule has 176 valence electrons. The Hall–Kier alpha value is -3.32. The van der Waals surface area contributed by atoms with Crippen LogP contribution in [-0.2, 0) is 9.59 Å². The van der Waals surface area contributed by atoms with Crippen molar-refractivity contribution in [3.63, 3.8) is 0 Å². The van der Waals surface area contributed by atoms with Crippen molar-refractivity contribution >= 4 is 17.4 Å². The van der Waals surface area contributed by atoms with Gasteiger partial charge in [0.05, 0.1) is 25.3 Å². The second-order valence-corrected chi connectivity index (χ2v) is 8.26. The molecular formula is C26H32N2O5. The number of Topliss-reactive ketones (excluding diaryl/α,β-unsaturated/α-hetero) is 1. The van der Waals surface area contributed by atoms with Crippen molar-refractivity contribution in [2.75, 3.05) is 40.9 Å². The predicted octanol–water partition coefficient (Wildman–Crippen LogP) is 3.86. The van der Waals surface area contributed by atoms with Gasteiger partial charge in [-0.15, -0.1) is 0 Å². The SMILES string of the molecule is CCCOc1ccc(/C(O)=C2\C(=O)C(=O)N(CCCN(C)C)C2c2ccccc2OC)cc1. The van der Waals surface area contributed by atoms with Gasteiger partial charge in [0.15, 0.2) is 0 Å². The third-order valence-corrected chi connectivity index (χ3v) is 5.58. The molecular weight excluding hydrogens is 420 g/mol. The largest absolute Gasteiger partial charge is 0.507 e. The highest BCUT2D eigenvalue weighted by atomic mass is 16.5. The van der Waals surface area contributed by atoms with Crippen molar-refractivity contribution in [1.29, 1.82) is 0 Å². The van der Waals surface area contributed by atoms with Gasteiger partial charge < -0.3 is 24.4 Å². The maximum absolute atomic E-state index is 13.1. The normalized spacial score (nSPS) is 17.6. The number of para-hydroxylation sites is 1. The number of carbonyl (C=O) groups is 2. The van der Waals surface area contributed by atoms with E-state index in [1.54, 1.807) is 37.4 Å². The number of carbonyl (C=O) groups excluding carboxylic acids is 2. The fourth-order valence-electron chi connectivity index (χ4n) is 3.97. The average Bonchev–Trinajstić information content (AvgIpc) is 3.07. The van der Waals surface area contributed by atoms with E-state index in [4.69, 9.17) is 9.47 Å². The minimum absolute atomic E-state index is 0.0663. The van der Waals surface area contributed by atoms with Gasteiger partial charge in [0.2, 0.25) is 0 Å². The van der Waals surface area contributed by atoms with E-state index in [1.807, 2.05) is 44.1 Å². The Bertz CT molecular complexity index is 1010. The molecule has 3 rings (SSSR count). The van der Waals surface area contributed by atoms with Gasteiger partial charge in [-0.25, -0.2) is 0 Å². The average molecular weight is 453 g/mol. The first-order valence-corrected chi connectivity index (χ1v) is 11.2. The molecule has 1 atom stereocenters. The van der Waals surface area contributed by atoms with Gasteiger partial charge in [0.25, 0.3) is 11.7 Å². The topological polar surface area (TPSA) is 79.3 Å². The highest BCUT2D eigenvalue weighted by Crippen LogP contribution is 2.42. The van der Waals surface area contributed by atoms with E-state index in [9.17, 15) is 14.7 Å². The summed E-state index contributed by atoms with van der Waals surface area (Å²) in [6.45, 7) is 3.76. The number of likely N-dealkylation sites (tertiary alicyclic amines) is 1. The molecule has 1 heterocycles.